The lowest BCUT2D eigenvalue weighted by Gasteiger charge is -2.21. The average Bonchev–Trinajstić information content (AvgIpc) is 3.06. The fourth-order valence-corrected chi connectivity index (χ4v) is 4.86. The lowest BCUT2D eigenvalue weighted by Crippen LogP contribution is -2.22. The predicted octanol–water partition coefficient (Wildman–Crippen LogP) is 8.26. The van der Waals surface area contributed by atoms with Gasteiger partial charge in [-0.05, 0) is 88.7 Å². The van der Waals surface area contributed by atoms with Gasteiger partial charge in [0.2, 0.25) is 0 Å². The number of carbonyl (C=O) groups is 2. The number of Topliss-reactive ketones (excluding diaryl/α,β-unsaturated/α-hetero) is 1. The van der Waals surface area contributed by atoms with Crippen molar-refractivity contribution < 1.29 is 14.3 Å². The van der Waals surface area contributed by atoms with Gasteiger partial charge in [-0.3, -0.25) is 9.59 Å². The van der Waals surface area contributed by atoms with Crippen molar-refractivity contribution in [3.8, 4) is 0 Å². The van der Waals surface area contributed by atoms with Crippen molar-refractivity contribution in [2.24, 2.45) is 0 Å². The van der Waals surface area contributed by atoms with Crippen LogP contribution in [0.25, 0.3) is 0 Å². The first-order valence-electron chi connectivity index (χ1n) is 15.0. The quantitative estimate of drug-likeness (QED) is 0.153. The molecular weight excluding hydrogens is 520 g/mol. The number of hydrogen-bond donors (Lipinski definition) is 0. The Hall–Kier alpha value is -4.22. The molecule has 4 aromatic rings. The Balaban J connectivity index is 0.000000240. The largest absolute Gasteiger partial charge is 0.372 e. The molecule has 0 bridgehead atoms. The van der Waals surface area contributed by atoms with Crippen LogP contribution in [0.5, 0.6) is 0 Å². The Morgan fingerprint density at radius 1 is 0.548 bits per heavy atom. The van der Waals surface area contributed by atoms with E-state index in [1.54, 1.807) is 0 Å². The topological polar surface area (TPSA) is 49.9 Å². The maximum Gasteiger partial charge on any atom is 0.196 e. The Bertz CT molecular complexity index is 1290. The van der Waals surface area contributed by atoms with E-state index in [1.807, 2.05) is 116 Å². The number of rotatable bonds is 13. The van der Waals surface area contributed by atoms with Crippen LogP contribution in [-0.2, 0) is 4.74 Å². The van der Waals surface area contributed by atoms with E-state index in [2.05, 4.69) is 37.5 Å². The molecular formula is C37H44N2O3. The number of carbonyl (C=O) groups excluding carboxylic acids is 2. The van der Waals surface area contributed by atoms with Gasteiger partial charge in [0, 0.05) is 60.9 Å². The minimum Gasteiger partial charge on any atom is -0.372 e. The molecule has 1 unspecified atom stereocenters. The molecule has 4 aromatic carbocycles. The van der Waals surface area contributed by atoms with E-state index in [1.165, 1.54) is 0 Å². The Kier molecular flexibility index (Phi) is 13.0. The summed E-state index contributed by atoms with van der Waals surface area (Å²) in [6.45, 7) is 14.8. The molecule has 0 aromatic heterocycles. The molecule has 0 radical (unpaired) electrons. The van der Waals surface area contributed by atoms with Crippen LogP contribution >= 0.6 is 0 Å². The van der Waals surface area contributed by atoms with E-state index in [0.29, 0.717) is 12.2 Å². The van der Waals surface area contributed by atoms with E-state index in [-0.39, 0.29) is 11.6 Å². The van der Waals surface area contributed by atoms with E-state index in [9.17, 15) is 9.59 Å². The van der Waals surface area contributed by atoms with Crippen LogP contribution in [0.4, 0.5) is 11.4 Å². The summed E-state index contributed by atoms with van der Waals surface area (Å²) >= 11 is 0. The molecule has 0 saturated carbocycles. The molecule has 0 aliphatic rings. The van der Waals surface area contributed by atoms with E-state index >= 15 is 0 Å². The first-order valence-corrected chi connectivity index (χ1v) is 15.0. The molecule has 0 fully saturated rings. The highest BCUT2D eigenvalue weighted by atomic mass is 16.5. The molecule has 220 valence electrons. The van der Waals surface area contributed by atoms with Crippen molar-refractivity contribution >= 4 is 22.9 Å². The maximum atomic E-state index is 12.7. The normalized spacial score (nSPS) is 11.2. The number of ether oxygens (including phenoxy) is 1. The standard InChI is InChI=1S/C21H28N2O.C16H16O2/c1-5-22(6-2)19-13-9-17(10-14-19)21(24)18-11-15-20(16-12-18)23(7-3)8-4;1-2-18-16(14-11-7-4-8-12-14)15(17)13-9-5-3-6-10-13/h9-16H,5-8H2,1-4H3;3-12,16H,2H2,1H3. The van der Waals surface area contributed by atoms with Crippen LogP contribution < -0.4 is 9.80 Å². The van der Waals surface area contributed by atoms with Gasteiger partial charge in [-0.15, -0.1) is 0 Å². The zero-order valence-electron chi connectivity index (χ0n) is 25.6. The van der Waals surface area contributed by atoms with Crippen molar-refractivity contribution in [1.29, 1.82) is 0 Å². The summed E-state index contributed by atoms with van der Waals surface area (Å²) in [5.74, 6) is 0.0795. The second kappa shape index (κ2) is 16.9. The van der Waals surface area contributed by atoms with Gasteiger partial charge in [0.1, 0.15) is 6.10 Å². The second-order valence-electron chi connectivity index (χ2n) is 9.74. The van der Waals surface area contributed by atoms with E-state index in [0.717, 1.165) is 54.2 Å². The Morgan fingerprint density at radius 2 is 0.952 bits per heavy atom. The molecule has 4 rings (SSSR count). The third-order valence-corrected chi connectivity index (χ3v) is 7.25. The molecule has 0 spiro atoms. The van der Waals surface area contributed by atoms with Gasteiger partial charge in [0.05, 0.1) is 0 Å². The molecule has 0 heterocycles. The van der Waals surface area contributed by atoms with Crippen LogP contribution in [0.2, 0.25) is 0 Å². The summed E-state index contributed by atoms with van der Waals surface area (Å²) in [6.07, 6.45) is -0.515. The van der Waals surface area contributed by atoms with Crippen molar-refractivity contribution in [3.05, 3.63) is 131 Å². The van der Waals surface area contributed by atoms with Gasteiger partial charge >= 0.3 is 0 Å². The SMILES string of the molecule is CCN(CC)c1ccc(C(=O)c2ccc(N(CC)CC)cc2)cc1.CCOC(C(=O)c1ccccc1)c1ccccc1. The zero-order valence-corrected chi connectivity index (χ0v) is 25.6. The fraction of sp³-hybridized carbons (Fsp3) is 0.297. The maximum absolute atomic E-state index is 12.7. The lowest BCUT2D eigenvalue weighted by molar-refractivity contribution is 0.0452. The summed E-state index contributed by atoms with van der Waals surface area (Å²) in [7, 11) is 0. The number of benzene rings is 4. The third kappa shape index (κ3) is 8.64. The van der Waals surface area contributed by atoms with Crippen molar-refractivity contribution in [2.45, 2.75) is 40.7 Å². The molecule has 5 heteroatoms. The lowest BCUT2D eigenvalue weighted by atomic mass is 10.00. The summed E-state index contributed by atoms with van der Waals surface area (Å²) in [6, 6.07) is 34.7. The molecule has 0 saturated heterocycles. The van der Waals surface area contributed by atoms with E-state index < -0.39 is 6.10 Å². The highest BCUT2D eigenvalue weighted by molar-refractivity contribution is 6.09. The zero-order chi connectivity index (χ0) is 30.3. The van der Waals surface area contributed by atoms with Crippen molar-refractivity contribution in [2.75, 3.05) is 42.6 Å². The summed E-state index contributed by atoms with van der Waals surface area (Å²) < 4.78 is 5.59. The smallest absolute Gasteiger partial charge is 0.196 e. The predicted molar refractivity (Wildman–Crippen MR) is 175 cm³/mol. The van der Waals surface area contributed by atoms with Gasteiger partial charge in [0.15, 0.2) is 11.6 Å². The number of ketones is 2. The van der Waals surface area contributed by atoms with Gasteiger partial charge in [-0.2, -0.15) is 0 Å². The molecule has 1 atom stereocenters. The summed E-state index contributed by atoms with van der Waals surface area (Å²) in [4.78, 5) is 29.6. The highest BCUT2D eigenvalue weighted by Gasteiger charge is 2.21. The molecule has 5 nitrogen and oxygen atoms in total. The van der Waals surface area contributed by atoms with Crippen LogP contribution in [-0.4, -0.2) is 44.4 Å². The van der Waals surface area contributed by atoms with Crippen LogP contribution in [0.15, 0.2) is 109 Å². The van der Waals surface area contributed by atoms with Crippen LogP contribution in [0.3, 0.4) is 0 Å². The van der Waals surface area contributed by atoms with E-state index in [4.69, 9.17) is 4.74 Å². The molecule has 0 amide bonds. The first-order chi connectivity index (χ1) is 20.5. The van der Waals surface area contributed by atoms with Crippen molar-refractivity contribution in [1.82, 2.24) is 0 Å². The number of hydrogen-bond acceptors (Lipinski definition) is 5. The molecule has 42 heavy (non-hydrogen) atoms. The molecule has 0 aliphatic heterocycles. The number of anilines is 2. The van der Waals surface area contributed by atoms with Crippen LogP contribution in [0.1, 0.15) is 72.6 Å². The average molecular weight is 565 g/mol. The third-order valence-electron chi connectivity index (χ3n) is 7.25. The van der Waals surface area contributed by atoms with Gasteiger partial charge < -0.3 is 14.5 Å². The highest BCUT2D eigenvalue weighted by Crippen LogP contribution is 2.23. The first kappa shape index (κ1) is 32.3. The van der Waals surface area contributed by atoms with Gasteiger partial charge in [-0.1, -0.05) is 60.7 Å². The van der Waals surface area contributed by atoms with Crippen molar-refractivity contribution in [3.63, 3.8) is 0 Å². The summed E-state index contributed by atoms with van der Waals surface area (Å²) in [5.41, 5.74) is 5.37. The van der Waals surface area contributed by atoms with Crippen LogP contribution in [0, 0.1) is 0 Å². The second-order valence-corrected chi connectivity index (χ2v) is 9.74. The molecule has 0 aliphatic carbocycles. The van der Waals surface area contributed by atoms with Gasteiger partial charge in [-0.25, -0.2) is 0 Å². The summed E-state index contributed by atoms with van der Waals surface area (Å²) in [5, 5.41) is 0. The Morgan fingerprint density at radius 3 is 1.33 bits per heavy atom. The minimum atomic E-state index is -0.515. The molecule has 0 N–H and O–H groups in total. The monoisotopic (exact) mass is 564 g/mol. The number of nitrogens with zero attached hydrogens (tertiary/aromatic N) is 2. The van der Waals surface area contributed by atoms with Gasteiger partial charge in [0.25, 0.3) is 0 Å². The minimum absolute atomic E-state index is 0.00338. The fourth-order valence-electron chi connectivity index (χ4n) is 4.86. The Labute approximate surface area is 251 Å².